The highest BCUT2D eigenvalue weighted by Crippen LogP contribution is 2.39. The van der Waals surface area contributed by atoms with Gasteiger partial charge >= 0.3 is 6.09 Å². The van der Waals surface area contributed by atoms with Crippen molar-refractivity contribution in [2.75, 3.05) is 13.2 Å². The van der Waals surface area contributed by atoms with Gasteiger partial charge in [0.2, 0.25) is 0 Å². The quantitative estimate of drug-likeness (QED) is 0.645. The van der Waals surface area contributed by atoms with Gasteiger partial charge in [-0.25, -0.2) is 4.79 Å². The molecule has 5 nitrogen and oxygen atoms in total. The SMILES string of the molecule is CC(C)(C)[Si](C)(C)OC[C@H](CNC(=O)O)O[Si](C)(C)C(C)(C)C. The highest BCUT2D eigenvalue weighted by molar-refractivity contribution is 6.74. The molecule has 0 saturated heterocycles. The fraction of sp³-hybridized carbons (Fsp3) is 0.938. The van der Waals surface area contributed by atoms with Gasteiger partial charge in [0.15, 0.2) is 16.6 Å². The van der Waals surface area contributed by atoms with E-state index in [1.54, 1.807) is 0 Å². The van der Waals surface area contributed by atoms with E-state index < -0.39 is 22.7 Å². The number of hydrogen-bond donors (Lipinski definition) is 2. The molecule has 0 aliphatic rings. The number of rotatable bonds is 7. The molecular weight excluding hydrogens is 326 g/mol. The van der Waals surface area contributed by atoms with Gasteiger partial charge in [-0.15, -0.1) is 0 Å². The first-order chi connectivity index (χ1) is 9.99. The Balaban J connectivity index is 5.00. The van der Waals surface area contributed by atoms with Gasteiger partial charge in [0.05, 0.1) is 12.7 Å². The zero-order valence-electron chi connectivity index (χ0n) is 16.7. The molecule has 0 aromatic carbocycles. The summed E-state index contributed by atoms with van der Waals surface area (Å²) in [4.78, 5) is 10.8. The van der Waals surface area contributed by atoms with Gasteiger partial charge in [0, 0.05) is 6.54 Å². The summed E-state index contributed by atoms with van der Waals surface area (Å²) in [5, 5.41) is 11.5. The second-order valence-corrected chi connectivity index (χ2v) is 18.8. The van der Waals surface area contributed by atoms with Crippen LogP contribution in [0.25, 0.3) is 0 Å². The van der Waals surface area contributed by atoms with Crippen molar-refractivity contribution in [3.63, 3.8) is 0 Å². The molecule has 7 heteroatoms. The summed E-state index contributed by atoms with van der Waals surface area (Å²) in [7, 11) is -3.86. The van der Waals surface area contributed by atoms with Gasteiger partial charge in [-0.1, -0.05) is 41.5 Å². The lowest BCUT2D eigenvalue weighted by molar-refractivity contribution is 0.104. The summed E-state index contributed by atoms with van der Waals surface area (Å²) < 4.78 is 12.6. The summed E-state index contributed by atoms with van der Waals surface area (Å²) in [6.07, 6.45) is -1.28. The van der Waals surface area contributed by atoms with Gasteiger partial charge < -0.3 is 19.3 Å². The molecule has 1 atom stereocenters. The summed E-state index contributed by atoms with van der Waals surface area (Å²) >= 11 is 0. The van der Waals surface area contributed by atoms with Gasteiger partial charge in [-0.3, -0.25) is 0 Å². The highest BCUT2D eigenvalue weighted by Gasteiger charge is 2.41. The molecule has 0 aliphatic heterocycles. The van der Waals surface area contributed by atoms with E-state index in [1.807, 2.05) is 0 Å². The predicted molar refractivity (Wildman–Crippen MR) is 101 cm³/mol. The molecule has 0 heterocycles. The average Bonchev–Trinajstić information content (AvgIpc) is 2.29. The van der Waals surface area contributed by atoms with Crippen molar-refractivity contribution >= 4 is 22.7 Å². The largest absolute Gasteiger partial charge is 0.465 e. The van der Waals surface area contributed by atoms with Crippen LogP contribution in [0.3, 0.4) is 0 Å². The molecule has 2 N–H and O–H groups in total. The summed E-state index contributed by atoms with van der Waals surface area (Å²) in [5.41, 5.74) is 0. The van der Waals surface area contributed by atoms with Crippen LogP contribution in [0.2, 0.25) is 36.3 Å². The molecule has 0 aromatic rings. The van der Waals surface area contributed by atoms with Crippen molar-refractivity contribution in [1.29, 1.82) is 0 Å². The van der Waals surface area contributed by atoms with Crippen LogP contribution in [0.1, 0.15) is 41.5 Å². The molecule has 1 amide bonds. The van der Waals surface area contributed by atoms with Crippen molar-refractivity contribution in [1.82, 2.24) is 5.32 Å². The van der Waals surface area contributed by atoms with Crippen LogP contribution in [0.4, 0.5) is 4.79 Å². The third-order valence-electron chi connectivity index (χ3n) is 5.18. The number of hydrogen-bond acceptors (Lipinski definition) is 3. The third kappa shape index (κ3) is 7.37. The smallest absolute Gasteiger partial charge is 0.404 e. The maximum absolute atomic E-state index is 10.8. The summed E-state index contributed by atoms with van der Waals surface area (Å²) in [6.45, 7) is 22.5. The maximum Gasteiger partial charge on any atom is 0.404 e. The van der Waals surface area contributed by atoms with E-state index in [2.05, 4.69) is 73.0 Å². The Hall–Kier alpha value is -0.376. The van der Waals surface area contributed by atoms with Crippen LogP contribution in [0.15, 0.2) is 0 Å². The molecule has 23 heavy (non-hydrogen) atoms. The van der Waals surface area contributed by atoms with Crippen LogP contribution in [-0.4, -0.2) is 47.1 Å². The molecule has 0 spiro atoms. The van der Waals surface area contributed by atoms with Crippen molar-refractivity contribution in [2.24, 2.45) is 0 Å². The monoisotopic (exact) mass is 363 g/mol. The zero-order valence-corrected chi connectivity index (χ0v) is 18.7. The topological polar surface area (TPSA) is 67.8 Å². The van der Waals surface area contributed by atoms with E-state index >= 15 is 0 Å². The first-order valence-electron chi connectivity index (χ1n) is 8.28. The summed E-state index contributed by atoms with van der Waals surface area (Å²) in [6, 6.07) is 0. The number of nitrogens with one attached hydrogen (secondary N) is 1. The van der Waals surface area contributed by atoms with Crippen LogP contribution in [-0.2, 0) is 8.85 Å². The molecule has 138 valence electrons. The fourth-order valence-electron chi connectivity index (χ4n) is 1.45. The van der Waals surface area contributed by atoms with Crippen LogP contribution in [0.5, 0.6) is 0 Å². The number of carbonyl (C=O) groups is 1. The molecule has 0 aliphatic carbocycles. The first-order valence-corrected chi connectivity index (χ1v) is 14.1. The molecular formula is C16H37NO4Si2. The molecule has 0 rings (SSSR count). The Morgan fingerprint density at radius 1 is 1.00 bits per heavy atom. The minimum Gasteiger partial charge on any atom is -0.465 e. The Bertz CT molecular complexity index is 398. The Morgan fingerprint density at radius 2 is 1.43 bits per heavy atom. The van der Waals surface area contributed by atoms with E-state index in [9.17, 15) is 4.79 Å². The lowest BCUT2D eigenvalue weighted by Gasteiger charge is -2.41. The minimum absolute atomic E-state index is 0.0748. The van der Waals surface area contributed by atoms with Crippen molar-refractivity contribution in [3.8, 4) is 0 Å². The van der Waals surface area contributed by atoms with Crippen LogP contribution in [0, 0.1) is 0 Å². The second kappa shape index (κ2) is 7.67. The van der Waals surface area contributed by atoms with Gasteiger partial charge in [0.1, 0.15) is 0 Å². The summed E-state index contributed by atoms with van der Waals surface area (Å²) in [5.74, 6) is 0. The van der Waals surface area contributed by atoms with E-state index in [1.165, 1.54) is 0 Å². The normalized spacial score (nSPS) is 15.4. The van der Waals surface area contributed by atoms with Gasteiger partial charge in [-0.2, -0.15) is 0 Å². The van der Waals surface area contributed by atoms with Crippen LogP contribution < -0.4 is 5.32 Å². The first kappa shape index (κ1) is 22.6. The Morgan fingerprint density at radius 3 is 1.78 bits per heavy atom. The van der Waals surface area contributed by atoms with E-state index in [4.69, 9.17) is 14.0 Å². The Kier molecular flexibility index (Phi) is 7.55. The number of amides is 1. The predicted octanol–water partition coefficient (Wildman–Crippen LogP) is 4.67. The molecule has 0 unspecified atom stereocenters. The second-order valence-electron chi connectivity index (χ2n) is 9.26. The van der Waals surface area contributed by atoms with Crippen molar-refractivity contribution in [2.45, 2.75) is 83.9 Å². The maximum atomic E-state index is 10.8. The standard InChI is InChI=1S/C16H37NO4Si2/c1-15(2,3)22(7,8)20-12-13(11-17-14(18)19)21-23(9,10)16(4,5)6/h13,17H,11-12H2,1-10H3,(H,18,19)/t13-/m0/s1. The van der Waals surface area contributed by atoms with Crippen LogP contribution >= 0.6 is 0 Å². The lowest BCUT2D eigenvalue weighted by Crippen LogP contribution is -2.50. The minimum atomic E-state index is -1.98. The van der Waals surface area contributed by atoms with Gasteiger partial charge in [0.25, 0.3) is 0 Å². The van der Waals surface area contributed by atoms with Gasteiger partial charge in [-0.05, 0) is 36.3 Å². The van der Waals surface area contributed by atoms with E-state index in [-0.39, 0.29) is 22.7 Å². The molecule has 0 saturated carbocycles. The Labute approximate surface area is 144 Å². The molecule has 0 bridgehead atoms. The average molecular weight is 364 g/mol. The number of carboxylic acid groups (broad SMARTS) is 1. The van der Waals surface area contributed by atoms with E-state index in [0.29, 0.717) is 6.61 Å². The molecule has 0 fully saturated rings. The lowest BCUT2D eigenvalue weighted by atomic mass is 10.2. The highest BCUT2D eigenvalue weighted by atomic mass is 28.4. The zero-order chi connectivity index (χ0) is 18.7. The van der Waals surface area contributed by atoms with E-state index in [0.717, 1.165) is 0 Å². The molecule has 0 aromatic heterocycles. The van der Waals surface area contributed by atoms with Crippen molar-refractivity contribution < 1.29 is 18.8 Å². The fourth-order valence-corrected chi connectivity index (χ4v) is 3.82. The molecule has 0 radical (unpaired) electrons. The van der Waals surface area contributed by atoms with Crippen molar-refractivity contribution in [3.05, 3.63) is 0 Å². The third-order valence-corrected chi connectivity index (χ3v) is 14.2.